The lowest BCUT2D eigenvalue weighted by atomic mass is 10.2. The third-order valence-electron chi connectivity index (χ3n) is 3.93. The molecule has 1 amide bonds. The van der Waals surface area contributed by atoms with Crippen LogP contribution in [-0.4, -0.2) is 34.1 Å². The summed E-state index contributed by atoms with van der Waals surface area (Å²) in [7, 11) is -3.65. The molecule has 0 radical (unpaired) electrons. The quantitative estimate of drug-likeness (QED) is 0.697. The van der Waals surface area contributed by atoms with Gasteiger partial charge in [-0.2, -0.15) is 0 Å². The van der Waals surface area contributed by atoms with Crippen molar-refractivity contribution in [3.63, 3.8) is 0 Å². The minimum absolute atomic E-state index is 0.0551. The third kappa shape index (κ3) is 4.64. The van der Waals surface area contributed by atoms with E-state index in [1.54, 1.807) is 12.1 Å². The number of benzene rings is 2. The minimum Gasteiger partial charge on any atom is -0.490 e. The van der Waals surface area contributed by atoms with Gasteiger partial charge in [-0.05, 0) is 24.3 Å². The highest BCUT2D eigenvalue weighted by atomic mass is 35.5. The van der Waals surface area contributed by atoms with Gasteiger partial charge in [0, 0.05) is 30.7 Å². The molecule has 1 heterocycles. The normalized spacial score (nSPS) is 13.5. The van der Waals surface area contributed by atoms with E-state index in [9.17, 15) is 13.2 Å². The molecule has 0 bridgehead atoms. The Kier molecular flexibility index (Phi) is 6.23. The van der Waals surface area contributed by atoms with Crippen LogP contribution < -0.4 is 19.5 Å². The Hall–Kier alpha value is -2.55. The molecule has 0 aromatic heterocycles. The maximum Gasteiger partial charge on any atom is 0.255 e. The van der Waals surface area contributed by atoms with Gasteiger partial charge in [0.2, 0.25) is 10.0 Å². The van der Waals surface area contributed by atoms with Crippen LogP contribution in [0.2, 0.25) is 5.02 Å². The summed E-state index contributed by atoms with van der Waals surface area (Å²) in [4.78, 5) is 12.6. The summed E-state index contributed by atoms with van der Waals surface area (Å²) in [5.41, 5.74) is 0.658. The molecule has 9 heteroatoms. The Morgan fingerprint density at radius 3 is 2.43 bits per heavy atom. The summed E-state index contributed by atoms with van der Waals surface area (Å²) in [6.07, 6.45) is 2.20. The summed E-state index contributed by atoms with van der Waals surface area (Å²) < 4.78 is 37.7. The maximum absolute atomic E-state index is 12.5. The molecule has 2 N–H and O–H groups in total. The summed E-state index contributed by atoms with van der Waals surface area (Å²) in [5.74, 6) is 0.605. The predicted octanol–water partition coefficient (Wildman–Crippen LogP) is 3.22. The summed E-state index contributed by atoms with van der Waals surface area (Å²) in [6, 6.07) is 8.77. The largest absolute Gasteiger partial charge is 0.490 e. The lowest BCUT2D eigenvalue weighted by Gasteiger charge is -2.13. The van der Waals surface area contributed by atoms with Crippen molar-refractivity contribution in [3.8, 4) is 11.5 Å². The van der Waals surface area contributed by atoms with E-state index in [0.29, 0.717) is 35.4 Å². The van der Waals surface area contributed by atoms with Gasteiger partial charge >= 0.3 is 0 Å². The first-order chi connectivity index (χ1) is 13.4. The summed E-state index contributed by atoms with van der Waals surface area (Å²) in [5, 5.41) is 3.02. The molecule has 1 aliphatic rings. The Balaban J connectivity index is 1.76. The first-order valence-corrected chi connectivity index (χ1v) is 10.4. The van der Waals surface area contributed by atoms with E-state index in [1.807, 2.05) is 0 Å². The van der Waals surface area contributed by atoms with E-state index in [1.165, 1.54) is 30.3 Å². The van der Waals surface area contributed by atoms with Gasteiger partial charge in [-0.15, -0.1) is 6.58 Å². The number of rotatable bonds is 6. The molecule has 2 aromatic carbocycles. The first-order valence-electron chi connectivity index (χ1n) is 8.52. The highest BCUT2D eigenvalue weighted by Crippen LogP contribution is 2.37. The zero-order valence-electron chi connectivity index (χ0n) is 14.9. The Morgan fingerprint density at radius 2 is 1.79 bits per heavy atom. The second-order valence-electron chi connectivity index (χ2n) is 5.95. The molecule has 0 unspecified atom stereocenters. The summed E-state index contributed by atoms with van der Waals surface area (Å²) >= 11 is 6.23. The van der Waals surface area contributed by atoms with Gasteiger partial charge in [-0.3, -0.25) is 4.79 Å². The van der Waals surface area contributed by atoms with Crippen molar-refractivity contribution in [1.82, 2.24) is 4.72 Å². The molecular formula is C19H19ClN2O5S. The lowest BCUT2D eigenvalue weighted by molar-refractivity contribution is 0.102. The second kappa shape index (κ2) is 8.64. The standard InChI is InChI=1S/C19H19ClN2O5S/c1-2-8-21-28(24,25)14-6-4-13(5-7-14)19(23)22-16-12-18-17(11-15(16)20)26-9-3-10-27-18/h2,4-7,11-12,21H,1,3,8-10H2,(H,22,23). The van der Waals surface area contributed by atoms with Crippen LogP contribution in [0.3, 0.4) is 0 Å². The van der Waals surface area contributed by atoms with Crippen LogP contribution in [0.1, 0.15) is 16.8 Å². The number of sulfonamides is 1. The number of nitrogens with one attached hydrogen (secondary N) is 2. The fraction of sp³-hybridized carbons (Fsp3) is 0.211. The van der Waals surface area contributed by atoms with Gasteiger partial charge < -0.3 is 14.8 Å². The molecule has 0 atom stereocenters. The van der Waals surface area contributed by atoms with Crippen LogP contribution in [0.25, 0.3) is 0 Å². The van der Waals surface area contributed by atoms with Crippen LogP contribution in [0, 0.1) is 0 Å². The van der Waals surface area contributed by atoms with Crippen LogP contribution in [0.5, 0.6) is 11.5 Å². The van der Waals surface area contributed by atoms with Crippen LogP contribution in [0.4, 0.5) is 5.69 Å². The van der Waals surface area contributed by atoms with Crippen molar-refractivity contribution in [2.75, 3.05) is 25.1 Å². The van der Waals surface area contributed by atoms with E-state index >= 15 is 0 Å². The van der Waals surface area contributed by atoms with Crippen molar-refractivity contribution in [2.24, 2.45) is 0 Å². The first kappa shape index (κ1) is 20.2. The number of anilines is 1. The van der Waals surface area contributed by atoms with Gasteiger partial charge in [0.15, 0.2) is 11.5 Å². The Bertz CT molecular complexity index is 990. The highest BCUT2D eigenvalue weighted by Gasteiger charge is 2.17. The predicted molar refractivity (Wildman–Crippen MR) is 107 cm³/mol. The molecular weight excluding hydrogens is 404 g/mol. The molecule has 0 fully saturated rings. The molecule has 28 heavy (non-hydrogen) atoms. The van der Waals surface area contributed by atoms with Gasteiger partial charge in [-0.1, -0.05) is 17.7 Å². The fourth-order valence-corrected chi connectivity index (χ4v) is 3.71. The number of ether oxygens (including phenoxy) is 2. The minimum atomic E-state index is -3.65. The molecule has 3 rings (SSSR count). The highest BCUT2D eigenvalue weighted by molar-refractivity contribution is 7.89. The van der Waals surface area contributed by atoms with Gasteiger partial charge in [0.05, 0.1) is 28.8 Å². The molecule has 1 aliphatic heterocycles. The van der Waals surface area contributed by atoms with Crippen LogP contribution in [0.15, 0.2) is 53.9 Å². The van der Waals surface area contributed by atoms with Crippen LogP contribution >= 0.6 is 11.6 Å². The third-order valence-corrected chi connectivity index (χ3v) is 5.68. The average molecular weight is 423 g/mol. The Labute approximate surface area is 168 Å². The lowest BCUT2D eigenvalue weighted by Crippen LogP contribution is -2.23. The van der Waals surface area contributed by atoms with Crippen molar-refractivity contribution < 1.29 is 22.7 Å². The molecule has 2 aromatic rings. The molecule has 0 saturated carbocycles. The van der Waals surface area contributed by atoms with Crippen molar-refractivity contribution in [1.29, 1.82) is 0 Å². The van der Waals surface area contributed by atoms with Gasteiger partial charge in [-0.25, -0.2) is 13.1 Å². The number of halogens is 1. The van der Waals surface area contributed by atoms with Crippen molar-refractivity contribution in [2.45, 2.75) is 11.3 Å². The zero-order chi connectivity index (χ0) is 20.1. The second-order valence-corrected chi connectivity index (χ2v) is 8.12. The number of amides is 1. The van der Waals surface area contributed by atoms with E-state index in [0.717, 1.165) is 6.42 Å². The van der Waals surface area contributed by atoms with Crippen LogP contribution in [-0.2, 0) is 10.0 Å². The maximum atomic E-state index is 12.5. The molecule has 148 valence electrons. The van der Waals surface area contributed by atoms with E-state index < -0.39 is 15.9 Å². The number of fused-ring (bicyclic) bond motifs is 1. The smallest absolute Gasteiger partial charge is 0.255 e. The molecule has 0 saturated heterocycles. The van der Waals surface area contributed by atoms with Crippen molar-refractivity contribution in [3.05, 3.63) is 59.6 Å². The Morgan fingerprint density at radius 1 is 1.14 bits per heavy atom. The van der Waals surface area contributed by atoms with E-state index in [4.69, 9.17) is 21.1 Å². The SMILES string of the molecule is C=CCNS(=O)(=O)c1ccc(C(=O)Nc2cc3c(cc2Cl)OCCCO3)cc1. The van der Waals surface area contributed by atoms with Gasteiger partial charge in [0.25, 0.3) is 5.91 Å². The molecule has 0 spiro atoms. The van der Waals surface area contributed by atoms with E-state index in [-0.39, 0.29) is 17.0 Å². The number of carbonyl (C=O) groups is 1. The monoisotopic (exact) mass is 422 g/mol. The van der Waals surface area contributed by atoms with Crippen molar-refractivity contribution >= 4 is 33.2 Å². The summed E-state index contributed by atoms with van der Waals surface area (Å²) in [6.45, 7) is 4.63. The zero-order valence-corrected chi connectivity index (χ0v) is 16.5. The molecule has 0 aliphatic carbocycles. The fourth-order valence-electron chi connectivity index (χ4n) is 2.51. The number of carbonyl (C=O) groups excluding carboxylic acids is 1. The van der Waals surface area contributed by atoms with Gasteiger partial charge in [0.1, 0.15) is 0 Å². The number of hydrogen-bond donors (Lipinski definition) is 2. The average Bonchev–Trinajstić information content (AvgIpc) is 2.91. The number of hydrogen-bond acceptors (Lipinski definition) is 5. The molecule has 7 nitrogen and oxygen atoms in total. The van der Waals surface area contributed by atoms with E-state index in [2.05, 4.69) is 16.6 Å². The topological polar surface area (TPSA) is 93.7 Å².